The third kappa shape index (κ3) is 6.80. The summed E-state index contributed by atoms with van der Waals surface area (Å²) in [6, 6.07) is 4.30. The molecule has 3 rings (SSSR count). The van der Waals surface area contributed by atoms with Gasteiger partial charge in [0.05, 0.1) is 13.2 Å². The fourth-order valence-corrected chi connectivity index (χ4v) is 6.32. The Bertz CT molecular complexity index is 1070. The van der Waals surface area contributed by atoms with Gasteiger partial charge in [-0.1, -0.05) is 32.6 Å². The number of hydrogen-bond acceptors (Lipinski definition) is 6. The number of amides is 1. The molecule has 3 atom stereocenters. The predicted molar refractivity (Wildman–Crippen MR) is 138 cm³/mol. The molecule has 1 saturated heterocycles. The van der Waals surface area contributed by atoms with E-state index in [2.05, 4.69) is 25.7 Å². The lowest BCUT2D eigenvalue weighted by Gasteiger charge is -2.38. The van der Waals surface area contributed by atoms with E-state index in [9.17, 15) is 18.3 Å². The number of fused-ring (bicyclic) bond motifs is 1. The van der Waals surface area contributed by atoms with Crippen LogP contribution in [0.15, 0.2) is 23.1 Å². The summed E-state index contributed by atoms with van der Waals surface area (Å²) in [5.74, 6) is 6.65. The molecule has 8 nitrogen and oxygen atoms in total. The van der Waals surface area contributed by atoms with Crippen molar-refractivity contribution in [2.75, 3.05) is 40.0 Å². The minimum Gasteiger partial charge on any atom is -0.487 e. The van der Waals surface area contributed by atoms with Crippen LogP contribution in [0.5, 0.6) is 5.75 Å². The number of carbonyl (C=O) groups excluding carboxylic acids is 1. The molecule has 1 fully saturated rings. The number of rotatable bonds is 6. The molecule has 0 radical (unpaired) electrons. The van der Waals surface area contributed by atoms with Crippen LogP contribution < -0.4 is 4.74 Å². The van der Waals surface area contributed by atoms with Gasteiger partial charge in [0.15, 0.2) is 0 Å². The Balaban J connectivity index is 1.96. The van der Waals surface area contributed by atoms with Gasteiger partial charge in [0.25, 0.3) is 0 Å². The molecule has 36 heavy (non-hydrogen) atoms. The van der Waals surface area contributed by atoms with Crippen LogP contribution in [0.4, 0.5) is 0 Å². The summed E-state index contributed by atoms with van der Waals surface area (Å²) in [5, 5.41) is 9.81. The van der Waals surface area contributed by atoms with Crippen LogP contribution in [0.25, 0.3) is 0 Å². The SMILES string of the molecule is CC(C)CC#Cc1ccc2c(c1)O[C@H](CN(C)C(=O)C1CCOCC1)[C@H](C)CN([C@H](C)CO)S2(=O)=O. The fourth-order valence-electron chi connectivity index (χ4n) is 4.49. The van der Waals surface area contributed by atoms with Crippen molar-refractivity contribution in [2.24, 2.45) is 17.8 Å². The molecule has 1 aromatic rings. The smallest absolute Gasteiger partial charge is 0.247 e. The summed E-state index contributed by atoms with van der Waals surface area (Å²) in [4.78, 5) is 14.8. The Kier molecular flexibility index (Phi) is 9.81. The summed E-state index contributed by atoms with van der Waals surface area (Å²) in [6.07, 6.45) is 1.69. The Morgan fingerprint density at radius 1 is 1.25 bits per heavy atom. The molecule has 1 N–H and O–H groups in total. The number of aliphatic hydroxyl groups excluding tert-OH is 1. The quantitative estimate of drug-likeness (QED) is 0.580. The van der Waals surface area contributed by atoms with Gasteiger partial charge in [-0.15, -0.1) is 0 Å². The molecule has 0 unspecified atom stereocenters. The predicted octanol–water partition coefficient (Wildman–Crippen LogP) is 2.74. The highest BCUT2D eigenvalue weighted by Gasteiger charge is 2.38. The normalized spacial score (nSPS) is 23.4. The average molecular weight is 521 g/mol. The minimum absolute atomic E-state index is 0.0486. The first-order valence-electron chi connectivity index (χ1n) is 12.8. The topological polar surface area (TPSA) is 96.4 Å². The maximum Gasteiger partial charge on any atom is 0.247 e. The van der Waals surface area contributed by atoms with E-state index in [4.69, 9.17) is 9.47 Å². The van der Waals surface area contributed by atoms with Gasteiger partial charge in [0.1, 0.15) is 16.7 Å². The molecule has 0 spiro atoms. The van der Waals surface area contributed by atoms with E-state index in [-0.39, 0.29) is 41.5 Å². The van der Waals surface area contributed by atoms with Crippen LogP contribution in [0.1, 0.15) is 52.5 Å². The maximum absolute atomic E-state index is 13.6. The monoisotopic (exact) mass is 520 g/mol. The lowest BCUT2D eigenvalue weighted by atomic mass is 9.97. The zero-order valence-corrected chi connectivity index (χ0v) is 22.9. The number of aliphatic hydroxyl groups is 1. The lowest BCUT2D eigenvalue weighted by Crippen LogP contribution is -2.50. The van der Waals surface area contributed by atoms with E-state index in [1.54, 1.807) is 31.0 Å². The molecule has 2 aliphatic rings. The molecule has 200 valence electrons. The van der Waals surface area contributed by atoms with E-state index in [1.165, 1.54) is 10.4 Å². The summed E-state index contributed by atoms with van der Waals surface area (Å²) in [7, 11) is -2.15. The number of hydrogen-bond donors (Lipinski definition) is 1. The Morgan fingerprint density at radius 3 is 2.58 bits per heavy atom. The molecule has 2 heterocycles. The molecule has 0 aromatic heterocycles. The summed E-state index contributed by atoms with van der Waals surface area (Å²) >= 11 is 0. The van der Waals surface area contributed by atoms with Crippen LogP contribution in [0, 0.1) is 29.6 Å². The minimum atomic E-state index is -3.92. The zero-order valence-electron chi connectivity index (χ0n) is 22.1. The van der Waals surface area contributed by atoms with Crippen molar-refractivity contribution in [3.63, 3.8) is 0 Å². The fraction of sp³-hybridized carbons (Fsp3) is 0.667. The van der Waals surface area contributed by atoms with E-state index in [0.717, 1.165) is 6.42 Å². The van der Waals surface area contributed by atoms with Crippen LogP contribution in [0.2, 0.25) is 0 Å². The summed E-state index contributed by atoms with van der Waals surface area (Å²) < 4.78 is 40.3. The first kappa shape index (κ1) is 28.5. The third-order valence-corrected chi connectivity index (χ3v) is 8.83. The van der Waals surface area contributed by atoms with Crippen LogP contribution in [-0.4, -0.2) is 80.7 Å². The highest BCUT2D eigenvalue weighted by Crippen LogP contribution is 2.34. The van der Waals surface area contributed by atoms with Crippen LogP contribution in [0.3, 0.4) is 0 Å². The maximum atomic E-state index is 13.6. The van der Waals surface area contributed by atoms with E-state index in [0.29, 0.717) is 44.1 Å². The average Bonchev–Trinajstić information content (AvgIpc) is 2.85. The number of likely N-dealkylation sites (N-methyl/N-ethyl adjacent to an activating group) is 1. The highest BCUT2D eigenvalue weighted by molar-refractivity contribution is 7.89. The van der Waals surface area contributed by atoms with Crippen molar-refractivity contribution in [1.82, 2.24) is 9.21 Å². The molecule has 1 aromatic carbocycles. The molecule has 1 amide bonds. The van der Waals surface area contributed by atoms with Crippen molar-refractivity contribution < 1.29 is 27.8 Å². The van der Waals surface area contributed by atoms with Crippen molar-refractivity contribution in [3.8, 4) is 17.6 Å². The second-order valence-electron chi connectivity index (χ2n) is 10.4. The second kappa shape index (κ2) is 12.4. The van der Waals surface area contributed by atoms with Crippen LogP contribution in [-0.2, 0) is 19.6 Å². The van der Waals surface area contributed by atoms with Gasteiger partial charge in [-0.05, 0) is 43.9 Å². The Hall–Kier alpha value is -2.12. The number of ether oxygens (including phenoxy) is 2. The molecular weight excluding hydrogens is 480 g/mol. The molecular formula is C27H40N2O6S. The van der Waals surface area contributed by atoms with Gasteiger partial charge in [0.2, 0.25) is 15.9 Å². The van der Waals surface area contributed by atoms with Gasteiger partial charge in [0, 0.05) is 56.7 Å². The highest BCUT2D eigenvalue weighted by atomic mass is 32.2. The standard InChI is InChI=1S/C27H40N2O6S/c1-19(2)7-6-8-22-9-10-26-24(15-22)35-25(17-28(5)27(31)23-11-13-34-14-12-23)20(3)16-29(21(4)18-30)36(26,32)33/h9-10,15,19-21,23,25,30H,7,11-14,16-18H2,1-5H3/t20-,21-,25-/m1/s1. The van der Waals surface area contributed by atoms with Gasteiger partial charge in [-0.2, -0.15) is 4.31 Å². The molecule has 0 bridgehead atoms. The van der Waals surface area contributed by atoms with E-state index >= 15 is 0 Å². The van der Waals surface area contributed by atoms with Gasteiger partial charge in [-0.3, -0.25) is 4.79 Å². The summed E-state index contributed by atoms with van der Waals surface area (Å²) in [5.41, 5.74) is 0.671. The van der Waals surface area contributed by atoms with Crippen molar-refractivity contribution >= 4 is 15.9 Å². The molecule has 2 aliphatic heterocycles. The number of nitrogens with zero attached hydrogens (tertiary/aromatic N) is 2. The third-order valence-electron chi connectivity index (χ3n) is 6.81. The van der Waals surface area contributed by atoms with Crippen molar-refractivity contribution in [3.05, 3.63) is 23.8 Å². The van der Waals surface area contributed by atoms with Crippen LogP contribution >= 0.6 is 0 Å². The number of carbonyl (C=O) groups is 1. The Morgan fingerprint density at radius 2 is 1.94 bits per heavy atom. The number of benzene rings is 1. The van der Waals surface area contributed by atoms with Crippen molar-refractivity contribution in [1.29, 1.82) is 0 Å². The van der Waals surface area contributed by atoms with E-state index in [1.807, 2.05) is 6.92 Å². The van der Waals surface area contributed by atoms with E-state index < -0.39 is 22.2 Å². The first-order valence-corrected chi connectivity index (χ1v) is 14.2. The summed E-state index contributed by atoms with van der Waals surface area (Å²) in [6.45, 7) is 9.15. The zero-order chi connectivity index (χ0) is 26.5. The number of sulfonamides is 1. The molecule has 9 heteroatoms. The largest absolute Gasteiger partial charge is 0.487 e. The Labute approximate surface area is 216 Å². The molecule has 0 aliphatic carbocycles. The van der Waals surface area contributed by atoms with Gasteiger partial charge < -0.3 is 19.5 Å². The van der Waals surface area contributed by atoms with Gasteiger partial charge in [-0.25, -0.2) is 8.42 Å². The lowest BCUT2D eigenvalue weighted by molar-refractivity contribution is -0.138. The van der Waals surface area contributed by atoms with Crippen molar-refractivity contribution in [2.45, 2.75) is 64.0 Å². The first-order chi connectivity index (χ1) is 17.0. The van der Waals surface area contributed by atoms with Gasteiger partial charge >= 0.3 is 0 Å². The second-order valence-corrected chi connectivity index (χ2v) is 12.3. The molecule has 0 saturated carbocycles.